The number of primary amides is 1. The minimum absolute atomic E-state index is 0. The van der Waals surface area contributed by atoms with Gasteiger partial charge >= 0.3 is 11.8 Å². The molecule has 0 saturated carbocycles. The number of hydrogen-bond acceptors (Lipinski definition) is 4. The molecule has 3 rings (SSSR count). The number of aliphatic imine (C=N–C) groups is 1. The number of nitrogens with two attached hydrogens (primary N) is 2. The van der Waals surface area contributed by atoms with Crippen molar-refractivity contribution < 1.29 is 26.0 Å². The third-order valence-corrected chi connectivity index (χ3v) is 6.23. The van der Waals surface area contributed by atoms with Crippen molar-refractivity contribution in [2.45, 2.75) is 64.7 Å². The zero-order chi connectivity index (χ0) is 25.8. The molecule has 2 saturated heterocycles. The number of piperidine rings is 2. The van der Waals surface area contributed by atoms with Gasteiger partial charge in [-0.05, 0) is 88.2 Å². The molecular formula is C25H43F2N5O3. The number of halogens is 2. The van der Waals surface area contributed by atoms with Gasteiger partial charge in [0.05, 0.1) is 6.61 Å². The summed E-state index contributed by atoms with van der Waals surface area (Å²) < 4.78 is 31.6. The summed E-state index contributed by atoms with van der Waals surface area (Å²) >= 11 is 0. The molecule has 0 atom stereocenters. The van der Waals surface area contributed by atoms with Crippen molar-refractivity contribution in [3.8, 4) is 5.75 Å². The van der Waals surface area contributed by atoms with Crippen LogP contribution in [-0.4, -0.2) is 61.4 Å². The number of nitrogens with one attached hydrogen (secondary N) is 1. The number of ether oxygens (including phenoxy) is 1. The number of alkyl halides is 2. The van der Waals surface area contributed by atoms with Gasteiger partial charge in [0.1, 0.15) is 5.75 Å². The van der Waals surface area contributed by atoms with Gasteiger partial charge in [0.15, 0.2) is 5.96 Å². The Kier molecular flexibility index (Phi) is 11.4. The van der Waals surface area contributed by atoms with E-state index in [9.17, 15) is 18.4 Å². The monoisotopic (exact) mass is 499 g/mol. The second-order valence-corrected chi connectivity index (χ2v) is 9.24. The standard InChI is InChI=1S/C20H28F2N4O3.C5H11N.2H2/c1-13-12-15(5-6-16(13)17(23)27)29-11-3-4-14-7-9-26(10-8-14)19(24)25-18(28)20(2,21)22;1-2-4-6-5-3-1;;/h5-6,12,14H,3-4,7-11H2,1-2H3,(H2,23,27)(H2,24,25,28);6H,1-5H2;2*1H. The topological polar surface area (TPSA) is 123 Å². The van der Waals surface area contributed by atoms with Crippen LogP contribution in [0.15, 0.2) is 23.2 Å². The number of guanidine groups is 1. The lowest BCUT2D eigenvalue weighted by Crippen LogP contribution is -2.44. The summed E-state index contributed by atoms with van der Waals surface area (Å²) in [5.74, 6) is -4.46. The molecule has 0 spiro atoms. The van der Waals surface area contributed by atoms with Crippen LogP contribution in [-0.2, 0) is 4.79 Å². The molecule has 35 heavy (non-hydrogen) atoms. The Morgan fingerprint density at radius 1 is 1.20 bits per heavy atom. The largest absolute Gasteiger partial charge is 0.494 e. The van der Waals surface area contributed by atoms with Crippen LogP contribution >= 0.6 is 0 Å². The number of aryl methyl sites for hydroxylation is 1. The third-order valence-electron chi connectivity index (χ3n) is 6.23. The molecule has 1 aromatic rings. The van der Waals surface area contributed by atoms with Crippen molar-refractivity contribution in [1.82, 2.24) is 10.2 Å². The summed E-state index contributed by atoms with van der Waals surface area (Å²) in [4.78, 5) is 27.5. The quantitative estimate of drug-likeness (QED) is 0.299. The van der Waals surface area contributed by atoms with Crippen molar-refractivity contribution in [3.05, 3.63) is 29.3 Å². The van der Waals surface area contributed by atoms with Gasteiger partial charge in [0.25, 0.3) is 0 Å². The fourth-order valence-electron chi connectivity index (χ4n) is 4.09. The van der Waals surface area contributed by atoms with E-state index in [0.29, 0.717) is 43.9 Å². The maximum Gasteiger partial charge on any atom is 0.324 e. The van der Waals surface area contributed by atoms with Gasteiger partial charge in [-0.15, -0.1) is 0 Å². The van der Waals surface area contributed by atoms with E-state index >= 15 is 0 Å². The van der Waals surface area contributed by atoms with E-state index in [1.165, 1.54) is 32.4 Å². The Hall–Kier alpha value is -2.75. The summed E-state index contributed by atoms with van der Waals surface area (Å²) in [5, 5.41) is 3.28. The number of carbonyl (C=O) groups is 2. The fraction of sp³-hybridized carbons (Fsp3) is 0.640. The van der Waals surface area contributed by atoms with Gasteiger partial charge in [-0.1, -0.05) is 6.42 Å². The van der Waals surface area contributed by atoms with Crippen molar-refractivity contribution >= 4 is 17.8 Å². The lowest BCUT2D eigenvalue weighted by atomic mass is 9.92. The van der Waals surface area contributed by atoms with E-state index in [1.54, 1.807) is 23.1 Å². The third kappa shape index (κ3) is 10.2. The summed E-state index contributed by atoms with van der Waals surface area (Å²) in [6, 6.07) is 5.18. The highest BCUT2D eigenvalue weighted by Crippen LogP contribution is 2.23. The first-order valence-corrected chi connectivity index (χ1v) is 12.3. The molecule has 2 amide bonds. The molecule has 5 N–H and O–H groups in total. The number of nitrogens with zero attached hydrogens (tertiary/aromatic N) is 2. The van der Waals surface area contributed by atoms with Crippen LogP contribution in [0.25, 0.3) is 0 Å². The number of likely N-dealkylation sites (tertiary alicyclic amines) is 1. The summed E-state index contributed by atoms with van der Waals surface area (Å²) in [7, 11) is 0. The van der Waals surface area contributed by atoms with E-state index in [4.69, 9.17) is 16.2 Å². The second-order valence-electron chi connectivity index (χ2n) is 9.24. The van der Waals surface area contributed by atoms with Crippen molar-refractivity contribution in [1.29, 1.82) is 0 Å². The highest BCUT2D eigenvalue weighted by atomic mass is 19.3. The maximum absolute atomic E-state index is 12.9. The van der Waals surface area contributed by atoms with Crippen LogP contribution in [0.3, 0.4) is 0 Å². The first-order valence-electron chi connectivity index (χ1n) is 12.3. The average Bonchev–Trinajstić information content (AvgIpc) is 2.83. The van der Waals surface area contributed by atoms with E-state index in [1.807, 2.05) is 6.92 Å². The van der Waals surface area contributed by atoms with Gasteiger partial charge < -0.3 is 26.4 Å². The molecule has 0 aliphatic carbocycles. The van der Waals surface area contributed by atoms with Gasteiger partial charge in [-0.25, -0.2) is 0 Å². The van der Waals surface area contributed by atoms with E-state index < -0.39 is 17.7 Å². The summed E-state index contributed by atoms with van der Waals surface area (Å²) in [6.07, 6.45) is 7.74. The predicted molar refractivity (Wildman–Crippen MR) is 137 cm³/mol. The van der Waals surface area contributed by atoms with Crippen LogP contribution in [0.5, 0.6) is 5.75 Å². The van der Waals surface area contributed by atoms with E-state index in [2.05, 4.69) is 10.3 Å². The molecule has 2 heterocycles. The normalized spacial score (nSPS) is 17.4. The molecular weight excluding hydrogens is 456 g/mol. The molecule has 1 aromatic carbocycles. The Morgan fingerprint density at radius 2 is 1.86 bits per heavy atom. The Morgan fingerprint density at radius 3 is 2.34 bits per heavy atom. The van der Waals surface area contributed by atoms with Crippen LogP contribution in [0, 0.1) is 12.8 Å². The summed E-state index contributed by atoms with van der Waals surface area (Å²) in [5.41, 5.74) is 12.2. The lowest BCUT2D eigenvalue weighted by molar-refractivity contribution is -0.139. The van der Waals surface area contributed by atoms with Gasteiger partial charge in [-0.2, -0.15) is 13.8 Å². The first kappa shape index (κ1) is 28.5. The molecule has 2 aliphatic heterocycles. The van der Waals surface area contributed by atoms with Gasteiger partial charge in [-0.3, -0.25) is 9.59 Å². The number of benzene rings is 1. The van der Waals surface area contributed by atoms with Crippen LogP contribution < -0.4 is 21.5 Å². The molecule has 200 valence electrons. The number of hydrogen-bond donors (Lipinski definition) is 3. The van der Waals surface area contributed by atoms with Crippen molar-refractivity contribution in [3.63, 3.8) is 0 Å². The van der Waals surface area contributed by atoms with Gasteiger partial charge in [0.2, 0.25) is 5.91 Å². The van der Waals surface area contributed by atoms with Gasteiger partial charge in [0, 0.05) is 28.4 Å². The van der Waals surface area contributed by atoms with E-state index in [0.717, 1.165) is 31.2 Å². The van der Waals surface area contributed by atoms with Crippen LogP contribution in [0.4, 0.5) is 8.78 Å². The highest BCUT2D eigenvalue weighted by Gasteiger charge is 2.33. The lowest BCUT2D eigenvalue weighted by Gasteiger charge is -2.32. The smallest absolute Gasteiger partial charge is 0.324 e. The maximum atomic E-state index is 12.9. The summed E-state index contributed by atoms with van der Waals surface area (Å²) in [6.45, 7) is 6.53. The number of carbonyl (C=O) groups excluding carboxylic acids is 2. The zero-order valence-electron chi connectivity index (χ0n) is 20.8. The Labute approximate surface area is 209 Å². The SMILES string of the molecule is C1CCNCC1.Cc1cc(OCCCC2CCN(C(N)=NC(=O)C(C)(F)F)CC2)ccc1C(N)=O.[HH].[HH]. The molecule has 0 radical (unpaired) electrons. The fourth-order valence-corrected chi connectivity index (χ4v) is 4.09. The molecule has 10 heteroatoms. The highest BCUT2D eigenvalue weighted by molar-refractivity contribution is 5.95. The predicted octanol–water partition coefficient (Wildman–Crippen LogP) is 3.71. The van der Waals surface area contributed by atoms with Crippen molar-refractivity contribution in [2.75, 3.05) is 32.8 Å². The molecule has 2 fully saturated rings. The molecule has 8 nitrogen and oxygen atoms in total. The first-order chi connectivity index (χ1) is 16.6. The molecule has 0 bridgehead atoms. The van der Waals surface area contributed by atoms with Crippen molar-refractivity contribution in [2.24, 2.45) is 22.4 Å². The number of rotatable bonds is 7. The minimum atomic E-state index is -3.51. The minimum Gasteiger partial charge on any atom is -0.494 e. The van der Waals surface area contributed by atoms with E-state index in [-0.39, 0.29) is 8.81 Å². The second kappa shape index (κ2) is 14.0. The average molecular weight is 500 g/mol. The Bertz CT molecular complexity index is 861. The molecule has 0 aromatic heterocycles. The Balaban J connectivity index is 0.00000142. The zero-order valence-corrected chi connectivity index (χ0v) is 20.8. The molecule has 0 unspecified atom stereocenters. The number of amides is 2. The van der Waals surface area contributed by atoms with Crippen LogP contribution in [0.1, 0.15) is 70.6 Å². The molecule has 2 aliphatic rings. The van der Waals surface area contributed by atoms with Crippen LogP contribution in [0.2, 0.25) is 0 Å².